The van der Waals surface area contributed by atoms with Crippen LogP contribution < -0.4 is 19.9 Å². The summed E-state index contributed by atoms with van der Waals surface area (Å²) in [7, 11) is -6.01. The Morgan fingerprint density at radius 1 is 0.783 bits per heavy atom. The van der Waals surface area contributed by atoms with Crippen LogP contribution in [0.4, 0.5) is 20.2 Å². The summed E-state index contributed by atoms with van der Waals surface area (Å²) in [6, 6.07) is 14.0. The summed E-state index contributed by atoms with van der Waals surface area (Å²) in [6.45, 7) is -0.172. The van der Waals surface area contributed by atoms with Crippen molar-refractivity contribution in [2.75, 3.05) is 28.2 Å². The first-order valence-electron chi connectivity index (χ1n) is 13.1. The maximum absolute atomic E-state index is 14.0. The lowest BCUT2D eigenvalue weighted by Gasteiger charge is -2.22. The van der Waals surface area contributed by atoms with Crippen LogP contribution in [0.2, 0.25) is 0 Å². The molecule has 4 aromatic rings. The number of sulfonamides is 2. The van der Waals surface area contributed by atoms with E-state index in [4.69, 9.17) is 5.84 Å². The first kappa shape index (κ1) is 35.5. The van der Waals surface area contributed by atoms with Gasteiger partial charge in [-0.1, -0.05) is 12.1 Å². The number of amides is 1. The van der Waals surface area contributed by atoms with Gasteiger partial charge in [-0.05, 0) is 59.7 Å². The minimum Gasteiger partial charge on any atom is -0.465 e. The first-order chi connectivity index (χ1) is 21.6. The Kier molecular flexibility index (Phi) is 11.8. The van der Waals surface area contributed by atoms with Gasteiger partial charge in [-0.15, -0.1) is 0 Å². The van der Waals surface area contributed by atoms with Crippen LogP contribution in [0.1, 0.15) is 31.8 Å². The number of nitrogens with zero attached hydrogens (tertiary/aromatic N) is 4. The number of hydrogen-bond acceptors (Lipinski definition) is 10. The van der Waals surface area contributed by atoms with Gasteiger partial charge in [0.15, 0.2) is 0 Å². The highest BCUT2D eigenvalue weighted by Gasteiger charge is 2.21. The van der Waals surface area contributed by atoms with E-state index >= 15 is 0 Å². The number of pyridine rings is 2. The third-order valence-electron chi connectivity index (χ3n) is 6.17. The zero-order chi connectivity index (χ0) is 34.1. The van der Waals surface area contributed by atoms with E-state index in [9.17, 15) is 35.2 Å². The Morgan fingerprint density at radius 2 is 1.22 bits per heavy atom. The monoisotopic (exact) mass is 676 g/mol. The van der Waals surface area contributed by atoms with E-state index in [2.05, 4.69) is 14.7 Å². The van der Waals surface area contributed by atoms with Gasteiger partial charge in [0, 0.05) is 12.4 Å². The van der Waals surface area contributed by atoms with Gasteiger partial charge in [0.05, 0.1) is 67.6 Å². The number of carbonyl (C=O) groups excluding carboxylic acids is 2. The van der Waals surface area contributed by atoms with Gasteiger partial charge in [0.2, 0.25) is 20.0 Å². The van der Waals surface area contributed by atoms with Crippen molar-refractivity contribution in [1.82, 2.24) is 15.4 Å². The van der Waals surface area contributed by atoms with Crippen molar-refractivity contribution in [3.05, 3.63) is 119 Å². The molecule has 2 aromatic carbocycles. The molecular weight excluding hydrogens is 646 g/mol. The van der Waals surface area contributed by atoms with Crippen LogP contribution >= 0.6 is 0 Å². The number of methoxy groups -OCH3 is 1. The first-order valence-corrected chi connectivity index (χ1v) is 16.8. The Morgan fingerprint density at radius 3 is 1.54 bits per heavy atom. The van der Waals surface area contributed by atoms with Crippen LogP contribution in [0.25, 0.3) is 0 Å². The van der Waals surface area contributed by atoms with Crippen molar-refractivity contribution in [3.8, 4) is 0 Å². The molecule has 2 aromatic heterocycles. The fraction of sp³-hybridized carbons (Fsp3) is 0.172. The van der Waals surface area contributed by atoms with Crippen LogP contribution in [0.15, 0.2) is 85.5 Å². The van der Waals surface area contributed by atoms with E-state index in [1.165, 1.54) is 49.1 Å². The third kappa shape index (κ3) is 9.50. The Bertz CT molecular complexity index is 1760. The fourth-order valence-electron chi connectivity index (χ4n) is 3.99. The number of aromatic nitrogens is 2. The molecular formula is C29H30F2N6O7S2. The van der Waals surface area contributed by atoms with Gasteiger partial charge >= 0.3 is 5.97 Å². The normalized spacial score (nSPS) is 11.1. The second kappa shape index (κ2) is 15.3. The van der Waals surface area contributed by atoms with Gasteiger partial charge in [-0.3, -0.25) is 28.8 Å². The molecule has 0 atom stereocenters. The summed E-state index contributed by atoms with van der Waals surface area (Å²) < 4.78 is 82.4. The average Bonchev–Trinajstić information content (AvgIpc) is 3.02. The number of hydrogen-bond donors (Lipinski definition) is 2. The lowest BCUT2D eigenvalue weighted by atomic mass is 10.1. The Balaban J connectivity index is 0.000000250. The van der Waals surface area contributed by atoms with E-state index in [0.717, 1.165) is 40.4 Å². The predicted molar refractivity (Wildman–Crippen MR) is 166 cm³/mol. The summed E-state index contributed by atoms with van der Waals surface area (Å²) >= 11 is 0. The quantitative estimate of drug-likeness (QED) is 0.110. The largest absolute Gasteiger partial charge is 0.465 e. The molecule has 0 aliphatic carbocycles. The zero-order valence-electron chi connectivity index (χ0n) is 24.8. The molecule has 0 saturated heterocycles. The Labute approximate surface area is 264 Å². The SMILES string of the molecule is COC(=O)c1ccc(CN(c2cccnc2)S(C)(=O)=O)cc1F.CS(=O)(=O)N(Cc1ccc(C(=O)NN)c(F)c1)c1cccnc1. The maximum atomic E-state index is 14.0. The smallest absolute Gasteiger partial charge is 0.340 e. The van der Waals surface area contributed by atoms with Gasteiger partial charge in [-0.25, -0.2) is 36.3 Å². The molecule has 0 bridgehead atoms. The number of hydrazine groups is 1. The van der Waals surface area contributed by atoms with Gasteiger partial charge in [-0.2, -0.15) is 0 Å². The number of anilines is 2. The van der Waals surface area contributed by atoms with E-state index in [0.29, 0.717) is 22.5 Å². The molecule has 0 spiro atoms. The number of benzene rings is 2. The second-order valence-electron chi connectivity index (χ2n) is 9.56. The summed E-state index contributed by atoms with van der Waals surface area (Å²) in [5.41, 5.74) is 2.92. The molecule has 0 aliphatic heterocycles. The lowest BCUT2D eigenvalue weighted by molar-refractivity contribution is 0.0595. The third-order valence-corrected chi connectivity index (χ3v) is 8.45. The van der Waals surface area contributed by atoms with Crippen molar-refractivity contribution >= 4 is 43.3 Å². The van der Waals surface area contributed by atoms with Crippen molar-refractivity contribution in [1.29, 1.82) is 0 Å². The van der Waals surface area contributed by atoms with E-state index in [1.54, 1.807) is 24.3 Å². The summed E-state index contributed by atoms with van der Waals surface area (Å²) in [5, 5.41) is 0. The number of halogens is 2. The average molecular weight is 677 g/mol. The van der Waals surface area contributed by atoms with Crippen LogP contribution in [-0.4, -0.2) is 58.3 Å². The number of nitrogen functional groups attached to an aromatic ring is 1. The number of nitrogens with two attached hydrogens (primary N) is 1. The van der Waals surface area contributed by atoms with Crippen molar-refractivity contribution in [2.45, 2.75) is 13.1 Å². The number of nitrogens with one attached hydrogen (secondary N) is 1. The lowest BCUT2D eigenvalue weighted by Crippen LogP contribution is -2.31. The summed E-state index contributed by atoms with van der Waals surface area (Å²) in [4.78, 5) is 30.5. The molecule has 244 valence electrons. The number of rotatable bonds is 10. The topological polar surface area (TPSA) is 182 Å². The summed E-state index contributed by atoms with van der Waals surface area (Å²) in [5.74, 6) is 1.85. The van der Waals surface area contributed by atoms with E-state index in [1.807, 2.05) is 5.43 Å². The molecule has 0 saturated carbocycles. The standard InChI is InChI=1S/C15H15FN2O4S.C14H15FN4O3S/c1-22-15(19)13-6-5-11(8-14(13)16)10-18(23(2,20)21)12-4-3-7-17-9-12;1-23(21,22)19(11-3-2-6-17-8-11)9-10-4-5-12(13(15)7-10)14(20)18-16/h3-9H,10H2,1-2H3;2-8H,9,16H2,1H3,(H,18,20). The van der Waals surface area contributed by atoms with Gasteiger partial charge in [0.1, 0.15) is 11.6 Å². The van der Waals surface area contributed by atoms with E-state index < -0.39 is 43.6 Å². The van der Waals surface area contributed by atoms with Gasteiger partial charge < -0.3 is 4.74 Å². The molecule has 4 rings (SSSR count). The molecule has 46 heavy (non-hydrogen) atoms. The van der Waals surface area contributed by atoms with Crippen LogP contribution in [0.3, 0.4) is 0 Å². The van der Waals surface area contributed by atoms with Gasteiger partial charge in [0.25, 0.3) is 5.91 Å². The molecule has 17 heteroatoms. The highest BCUT2D eigenvalue weighted by Crippen LogP contribution is 2.22. The van der Waals surface area contributed by atoms with Crippen LogP contribution in [0, 0.1) is 11.6 Å². The Hall–Kier alpha value is -5.00. The minimum absolute atomic E-state index is 0.0805. The molecule has 1 amide bonds. The maximum Gasteiger partial charge on any atom is 0.340 e. The van der Waals surface area contributed by atoms with E-state index in [-0.39, 0.29) is 24.2 Å². The molecule has 13 nitrogen and oxygen atoms in total. The molecule has 0 radical (unpaired) electrons. The molecule has 0 fully saturated rings. The van der Waals surface area contributed by atoms with Crippen molar-refractivity contribution in [3.63, 3.8) is 0 Å². The minimum atomic E-state index is -3.59. The zero-order valence-corrected chi connectivity index (χ0v) is 26.4. The van der Waals surface area contributed by atoms with Crippen LogP contribution in [0.5, 0.6) is 0 Å². The number of esters is 1. The molecule has 2 heterocycles. The number of carbonyl (C=O) groups is 2. The van der Waals surface area contributed by atoms with Crippen LogP contribution in [-0.2, 0) is 37.9 Å². The fourth-order valence-corrected chi connectivity index (χ4v) is 5.73. The second-order valence-corrected chi connectivity index (χ2v) is 13.4. The highest BCUT2D eigenvalue weighted by atomic mass is 32.2. The number of ether oxygens (including phenoxy) is 1. The molecule has 3 N–H and O–H groups in total. The van der Waals surface area contributed by atoms with Crippen molar-refractivity contribution < 1.29 is 39.9 Å². The molecule has 0 unspecified atom stereocenters. The van der Waals surface area contributed by atoms with Crippen molar-refractivity contribution in [2.24, 2.45) is 5.84 Å². The predicted octanol–water partition coefficient (Wildman–Crippen LogP) is 2.76. The highest BCUT2D eigenvalue weighted by molar-refractivity contribution is 7.92. The molecule has 0 aliphatic rings. The summed E-state index contributed by atoms with van der Waals surface area (Å²) in [6.07, 6.45) is 7.94.